The summed E-state index contributed by atoms with van der Waals surface area (Å²) in [6.07, 6.45) is 4.23. The number of benzene rings is 1. The fraction of sp³-hybridized carbons (Fsp3) is 0.350. The van der Waals surface area contributed by atoms with Gasteiger partial charge in [-0.25, -0.2) is 9.38 Å². The fourth-order valence-corrected chi connectivity index (χ4v) is 4.46. The van der Waals surface area contributed by atoms with Crippen LogP contribution in [0.25, 0.3) is 11.1 Å². The van der Waals surface area contributed by atoms with Crippen molar-refractivity contribution in [2.24, 2.45) is 16.6 Å². The van der Waals surface area contributed by atoms with Crippen LogP contribution in [0.2, 0.25) is 0 Å². The van der Waals surface area contributed by atoms with Gasteiger partial charge in [0.2, 0.25) is 0 Å². The largest absolute Gasteiger partial charge is 0.490 e. The number of nitrogens with two attached hydrogens (primary N) is 1. The van der Waals surface area contributed by atoms with Crippen molar-refractivity contribution in [3.63, 3.8) is 0 Å². The van der Waals surface area contributed by atoms with Gasteiger partial charge in [0.25, 0.3) is 6.02 Å². The average Bonchev–Trinajstić information content (AvgIpc) is 3.05. The molecular weight excluding hydrogens is 349 g/mol. The van der Waals surface area contributed by atoms with E-state index in [-0.39, 0.29) is 30.4 Å². The molecule has 1 spiro atoms. The van der Waals surface area contributed by atoms with E-state index in [0.717, 1.165) is 11.1 Å². The van der Waals surface area contributed by atoms with E-state index in [1.807, 2.05) is 18.2 Å². The Morgan fingerprint density at radius 2 is 2.11 bits per heavy atom. The molecule has 1 aromatic carbocycles. The second-order valence-corrected chi connectivity index (χ2v) is 7.31. The maximum atomic E-state index is 13.6. The lowest BCUT2D eigenvalue weighted by Crippen LogP contribution is -2.51. The minimum absolute atomic E-state index is 0.102. The lowest BCUT2D eigenvalue weighted by Gasteiger charge is -2.45. The van der Waals surface area contributed by atoms with Crippen molar-refractivity contribution in [2.75, 3.05) is 6.61 Å². The molecule has 1 aromatic heterocycles. The molecule has 6 nitrogen and oxygen atoms in total. The Hall–Kier alpha value is -2.96. The molecule has 2 aliphatic heterocycles. The van der Waals surface area contributed by atoms with E-state index >= 15 is 0 Å². The van der Waals surface area contributed by atoms with E-state index in [4.69, 9.17) is 15.2 Å². The molecule has 3 aliphatic rings. The van der Waals surface area contributed by atoms with Gasteiger partial charge in [-0.05, 0) is 30.2 Å². The van der Waals surface area contributed by atoms with Gasteiger partial charge in [0.1, 0.15) is 35.6 Å². The number of hydrogen-bond acceptors (Lipinski definition) is 6. The van der Waals surface area contributed by atoms with E-state index < -0.39 is 11.4 Å². The monoisotopic (exact) mass is 367 g/mol. The quantitative estimate of drug-likeness (QED) is 0.837. The Labute approximate surface area is 155 Å². The van der Waals surface area contributed by atoms with Gasteiger partial charge in [0.15, 0.2) is 0 Å². The zero-order valence-electron chi connectivity index (χ0n) is 14.5. The average molecular weight is 367 g/mol. The van der Waals surface area contributed by atoms with Crippen molar-refractivity contribution in [3.05, 3.63) is 48.0 Å². The van der Waals surface area contributed by atoms with Crippen LogP contribution in [0.1, 0.15) is 24.8 Å². The molecule has 5 rings (SSSR count). The van der Waals surface area contributed by atoms with Crippen LogP contribution in [-0.2, 0) is 15.1 Å². The van der Waals surface area contributed by atoms with Crippen molar-refractivity contribution in [1.82, 2.24) is 4.98 Å². The molecule has 0 bridgehead atoms. The summed E-state index contributed by atoms with van der Waals surface area (Å²) < 4.78 is 25.4. The number of carbonyl (C=O) groups excluding carboxylic acids is 1. The van der Waals surface area contributed by atoms with Crippen LogP contribution in [0, 0.1) is 11.7 Å². The van der Waals surface area contributed by atoms with Gasteiger partial charge in [-0.2, -0.15) is 0 Å². The van der Waals surface area contributed by atoms with Crippen molar-refractivity contribution >= 4 is 11.8 Å². The van der Waals surface area contributed by atoms with Gasteiger partial charge in [-0.15, -0.1) is 0 Å². The molecule has 2 aromatic rings. The second-order valence-electron chi connectivity index (χ2n) is 7.31. The van der Waals surface area contributed by atoms with Crippen LogP contribution in [0.5, 0.6) is 5.75 Å². The molecule has 1 saturated carbocycles. The third-order valence-electron chi connectivity index (χ3n) is 5.73. The minimum Gasteiger partial charge on any atom is -0.490 e. The Morgan fingerprint density at radius 3 is 2.89 bits per heavy atom. The highest BCUT2D eigenvalue weighted by Crippen LogP contribution is 2.52. The van der Waals surface area contributed by atoms with Crippen LogP contribution < -0.4 is 10.5 Å². The lowest BCUT2D eigenvalue weighted by molar-refractivity contribution is -0.126. The summed E-state index contributed by atoms with van der Waals surface area (Å²) >= 11 is 0. The first kappa shape index (κ1) is 16.2. The topological polar surface area (TPSA) is 86.8 Å². The molecule has 3 atom stereocenters. The smallest absolute Gasteiger partial charge is 0.283 e. The highest BCUT2D eigenvalue weighted by Gasteiger charge is 2.55. The molecule has 1 fully saturated rings. The number of amidine groups is 1. The summed E-state index contributed by atoms with van der Waals surface area (Å²) in [7, 11) is 0. The summed E-state index contributed by atoms with van der Waals surface area (Å²) in [6, 6.07) is 7.22. The van der Waals surface area contributed by atoms with Crippen molar-refractivity contribution in [3.8, 4) is 16.9 Å². The minimum atomic E-state index is -0.755. The summed E-state index contributed by atoms with van der Waals surface area (Å²) in [5.74, 6) is 0.378. The first-order chi connectivity index (χ1) is 13.0. The molecule has 1 aliphatic carbocycles. The number of nitrogens with zero attached hydrogens (tertiary/aromatic N) is 2. The molecule has 27 heavy (non-hydrogen) atoms. The maximum absolute atomic E-state index is 13.6. The van der Waals surface area contributed by atoms with Crippen molar-refractivity contribution in [1.29, 1.82) is 0 Å². The number of ketones is 1. The molecule has 3 unspecified atom stereocenters. The Morgan fingerprint density at radius 1 is 1.22 bits per heavy atom. The number of hydrogen-bond donors (Lipinski definition) is 1. The third-order valence-corrected chi connectivity index (χ3v) is 5.73. The van der Waals surface area contributed by atoms with Gasteiger partial charge < -0.3 is 15.2 Å². The van der Waals surface area contributed by atoms with Crippen LogP contribution in [0.3, 0.4) is 0 Å². The predicted molar refractivity (Wildman–Crippen MR) is 95.6 cm³/mol. The lowest BCUT2D eigenvalue weighted by atomic mass is 9.68. The van der Waals surface area contributed by atoms with Gasteiger partial charge in [-0.1, -0.05) is 6.07 Å². The van der Waals surface area contributed by atoms with E-state index in [1.165, 1.54) is 12.3 Å². The highest BCUT2D eigenvalue weighted by atomic mass is 19.1. The summed E-state index contributed by atoms with van der Waals surface area (Å²) in [5, 5.41) is 0. The molecule has 3 heterocycles. The zero-order valence-corrected chi connectivity index (χ0v) is 14.5. The van der Waals surface area contributed by atoms with Gasteiger partial charge in [-0.3, -0.25) is 9.78 Å². The Balaban J connectivity index is 1.67. The number of carbonyl (C=O) groups is 1. The fourth-order valence-electron chi connectivity index (χ4n) is 4.46. The molecule has 2 N–H and O–H groups in total. The Bertz CT molecular complexity index is 977. The van der Waals surface area contributed by atoms with Crippen LogP contribution in [0.4, 0.5) is 4.39 Å². The Kier molecular flexibility index (Phi) is 3.47. The summed E-state index contributed by atoms with van der Waals surface area (Å²) in [4.78, 5) is 20.7. The van der Waals surface area contributed by atoms with Crippen molar-refractivity contribution < 1.29 is 18.7 Å². The first-order valence-electron chi connectivity index (χ1n) is 8.97. The molecule has 138 valence electrons. The first-order valence-corrected chi connectivity index (χ1v) is 8.97. The normalized spacial score (nSPS) is 28.8. The SMILES string of the molecule is NC1=NC2(CO1)c1cc(-c3cncc(F)c3)ccc1OC1CCC(=O)CC12. The number of aliphatic imine (C=N–C) groups is 1. The predicted octanol–water partition coefficient (Wildman–Crippen LogP) is 2.56. The second kappa shape index (κ2) is 5.77. The van der Waals surface area contributed by atoms with Gasteiger partial charge >= 0.3 is 0 Å². The number of Topliss-reactive ketones (excluding diaryl/α,β-unsaturated/α-hetero) is 1. The van der Waals surface area contributed by atoms with E-state index in [2.05, 4.69) is 9.98 Å². The van der Waals surface area contributed by atoms with E-state index in [0.29, 0.717) is 30.6 Å². The molecule has 0 amide bonds. The third kappa shape index (κ3) is 2.49. The van der Waals surface area contributed by atoms with Crippen LogP contribution in [-0.4, -0.2) is 29.5 Å². The molecule has 0 radical (unpaired) electrons. The number of fused-ring (bicyclic) bond motifs is 4. The number of halogens is 1. The summed E-state index contributed by atoms with van der Waals surface area (Å²) in [5.41, 5.74) is 7.38. The molecule has 7 heteroatoms. The molecular formula is C20H18FN3O3. The van der Waals surface area contributed by atoms with Crippen LogP contribution >= 0.6 is 0 Å². The number of aromatic nitrogens is 1. The maximum Gasteiger partial charge on any atom is 0.283 e. The zero-order chi connectivity index (χ0) is 18.6. The van der Waals surface area contributed by atoms with Crippen molar-refractivity contribution in [2.45, 2.75) is 30.9 Å². The number of rotatable bonds is 1. The van der Waals surface area contributed by atoms with Crippen LogP contribution in [0.15, 0.2) is 41.7 Å². The number of ether oxygens (including phenoxy) is 2. The van der Waals surface area contributed by atoms with E-state index in [9.17, 15) is 9.18 Å². The molecule has 0 saturated heterocycles. The van der Waals surface area contributed by atoms with Gasteiger partial charge in [0.05, 0.1) is 6.20 Å². The highest BCUT2D eigenvalue weighted by molar-refractivity contribution is 5.81. The number of pyridine rings is 1. The summed E-state index contributed by atoms with van der Waals surface area (Å²) in [6.45, 7) is 0.272. The van der Waals surface area contributed by atoms with E-state index in [1.54, 1.807) is 6.20 Å². The van der Waals surface area contributed by atoms with Gasteiger partial charge in [0, 0.05) is 36.1 Å². The standard InChI is InChI=1S/C20H18FN3O3/c21-13-5-12(8-23-9-13)11-1-3-17-15(6-11)20(10-26-19(22)24-20)16-7-14(25)2-4-18(16)27-17/h1,3,5-6,8-9,16,18H,2,4,7,10H2,(H2,22,24).